The number of nitrogens with zero attached hydrogens (tertiary/aromatic N) is 1. The van der Waals surface area contributed by atoms with Gasteiger partial charge in [-0.05, 0) is 55.5 Å². The van der Waals surface area contributed by atoms with Gasteiger partial charge in [0, 0.05) is 18.6 Å². The molecule has 2 unspecified atom stereocenters. The SMILES string of the molecule is CC1CCC(C)N1Cc1cc(C(=O)O)ccc1-c1ccccc1. The molecule has 3 rings (SSSR count). The molecule has 1 N–H and O–H groups in total. The molecule has 1 saturated heterocycles. The van der Waals surface area contributed by atoms with Crippen molar-refractivity contribution in [1.82, 2.24) is 4.90 Å². The van der Waals surface area contributed by atoms with E-state index in [9.17, 15) is 9.90 Å². The molecule has 0 radical (unpaired) electrons. The smallest absolute Gasteiger partial charge is 0.335 e. The fourth-order valence-electron chi connectivity index (χ4n) is 3.51. The average molecular weight is 309 g/mol. The molecular formula is C20H23NO2. The van der Waals surface area contributed by atoms with Gasteiger partial charge in [0.15, 0.2) is 0 Å². The summed E-state index contributed by atoms with van der Waals surface area (Å²) >= 11 is 0. The van der Waals surface area contributed by atoms with Crippen molar-refractivity contribution in [2.45, 2.75) is 45.3 Å². The van der Waals surface area contributed by atoms with Crippen molar-refractivity contribution in [3.8, 4) is 11.1 Å². The Morgan fingerprint density at radius 1 is 1.09 bits per heavy atom. The third-order valence-electron chi connectivity index (χ3n) is 4.92. The first-order valence-electron chi connectivity index (χ1n) is 8.23. The molecule has 1 aliphatic rings. The minimum absolute atomic E-state index is 0.360. The van der Waals surface area contributed by atoms with Gasteiger partial charge in [-0.1, -0.05) is 36.4 Å². The van der Waals surface area contributed by atoms with E-state index >= 15 is 0 Å². The number of rotatable bonds is 4. The van der Waals surface area contributed by atoms with Gasteiger partial charge in [0.1, 0.15) is 0 Å². The largest absolute Gasteiger partial charge is 0.478 e. The van der Waals surface area contributed by atoms with E-state index in [1.165, 1.54) is 12.8 Å². The first-order valence-corrected chi connectivity index (χ1v) is 8.23. The van der Waals surface area contributed by atoms with Crippen LogP contribution in [-0.4, -0.2) is 28.1 Å². The van der Waals surface area contributed by atoms with Gasteiger partial charge in [0.2, 0.25) is 0 Å². The highest BCUT2D eigenvalue weighted by Crippen LogP contribution is 2.30. The van der Waals surface area contributed by atoms with E-state index in [2.05, 4.69) is 30.9 Å². The monoisotopic (exact) mass is 309 g/mol. The molecular weight excluding hydrogens is 286 g/mol. The van der Waals surface area contributed by atoms with Crippen molar-refractivity contribution < 1.29 is 9.90 Å². The summed E-state index contributed by atoms with van der Waals surface area (Å²) in [5.74, 6) is -0.867. The highest BCUT2D eigenvalue weighted by molar-refractivity contribution is 5.89. The van der Waals surface area contributed by atoms with Gasteiger partial charge < -0.3 is 5.11 Å². The highest BCUT2D eigenvalue weighted by Gasteiger charge is 2.28. The lowest BCUT2D eigenvalue weighted by molar-refractivity contribution is 0.0696. The summed E-state index contributed by atoms with van der Waals surface area (Å²) in [6, 6.07) is 16.8. The number of likely N-dealkylation sites (tertiary alicyclic amines) is 1. The zero-order valence-corrected chi connectivity index (χ0v) is 13.7. The first-order chi connectivity index (χ1) is 11.1. The van der Waals surface area contributed by atoms with Gasteiger partial charge in [0.05, 0.1) is 5.56 Å². The minimum Gasteiger partial charge on any atom is -0.478 e. The van der Waals surface area contributed by atoms with Crippen LogP contribution in [0.2, 0.25) is 0 Å². The topological polar surface area (TPSA) is 40.5 Å². The number of hydrogen-bond donors (Lipinski definition) is 1. The zero-order chi connectivity index (χ0) is 16.4. The van der Waals surface area contributed by atoms with Gasteiger partial charge in [-0.3, -0.25) is 4.90 Å². The van der Waals surface area contributed by atoms with Crippen LogP contribution in [0.1, 0.15) is 42.6 Å². The molecule has 120 valence electrons. The lowest BCUT2D eigenvalue weighted by atomic mass is 9.96. The highest BCUT2D eigenvalue weighted by atomic mass is 16.4. The van der Waals surface area contributed by atoms with Crippen LogP contribution in [-0.2, 0) is 6.54 Å². The number of carboxylic acid groups (broad SMARTS) is 1. The Hall–Kier alpha value is -2.13. The van der Waals surface area contributed by atoms with E-state index in [0.717, 1.165) is 23.2 Å². The molecule has 0 amide bonds. The molecule has 0 saturated carbocycles. The predicted molar refractivity (Wildman–Crippen MR) is 92.5 cm³/mol. The molecule has 0 spiro atoms. The van der Waals surface area contributed by atoms with Crippen LogP contribution < -0.4 is 0 Å². The standard InChI is InChI=1S/C20H23NO2/c1-14-8-9-15(2)21(14)13-18-12-17(20(22)23)10-11-19(18)16-6-4-3-5-7-16/h3-7,10-12,14-15H,8-9,13H2,1-2H3,(H,22,23). The van der Waals surface area contributed by atoms with Crippen molar-refractivity contribution in [3.05, 3.63) is 59.7 Å². The normalized spacial score (nSPS) is 21.5. The van der Waals surface area contributed by atoms with Crippen LogP contribution in [0.25, 0.3) is 11.1 Å². The molecule has 2 aromatic rings. The lowest BCUT2D eigenvalue weighted by Gasteiger charge is -2.27. The maximum atomic E-state index is 11.4. The summed E-state index contributed by atoms with van der Waals surface area (Å²) in [5.41, 5.74) is 3.72. The Morgan fingerprint density at radius 3 is 2.35 bits per heavy atom. The summed E-state index contributed by atoms with van der Waals surface area (Å²) in [4.78, 5) is 13.8. The number of benzene rings is 2. The van der Waals surface area contributed by atoms with E-state index in [1.54, 1.807) is 6.07 Å². The summed E-state index contributed by atoms with van der Waals surface area (Å²) in [7, 11) is 0. The summed E-state index contributed by atoms with van der Waals surface area (Å²) in [6.45, 7) is 5.31. The van der Waals surface area contributed by atoms with E-state index in [1.807, 2.05) is 30.3 Å². The van der Waals surface area contributed by atoms with Crippen LogP contribution in [0.5, 0.6) is 0 Å². The Labute approximate surface area is 137 Å². The average Bonchev–Trinajstić information content (AvgIpc) is 2.87. The van der Waals surface area contributed by atoms with Crippen LogP contribution in [0.4, 0.5) is 0 Å². The van der Waals surface area contributed by atoms with Crippen molar-refractivity contribution in [2.75, 3.05) is 0 Å². The van der Waals surface area contributed by atoms with E-state index in [-0.39, 0.29) is 0 Å². The second-order valence-electron chi connectivity index (χ2n) is 6.49. The van der Waals surface area contributed by atoms with Crippen molar-refractivity contribution >= 4 is 5.97 Å². The second-order valence-corrected chi connectivity index (χ2v) is 6.49. The van der Waals surface area contributed by atoms with Crippen molar-refractivity contribution in [2.24, 2.45) is 0 Å². The first kappa shape index (κ1) is 15.8. The number of hydrogen-bond acceptors (Lipinski definition) is 2. The van der Waals surface area contributed by atoms with Gasteiger partial charge in [-0.15, -0.1) is 0 Å². The van der Waals surface area contributed by atoms with Crippen LogP contribution in [0.15, 0.2) is 48.5 Å². The third-order valence-corrected chi connectivity index (χ3v) is 4.92. The maximum absolute atomic E-state index is 11.4. The molecule has 1 aliphatic heterocycles. The van der Waals surface area contributed by atoms with E-state index < -0.39 is 5.97 Å². The van der Waals surface area contributed by atoms with E-state index in [0.29, 0.717) is 17.6 Å². The van der Waals surface area contributed by atoms with Gasteiger partial charge >= 0.3 is 5.97 Å². The number of carbonyl (C=O) groups is 1. The molecule has 2 aromatic carbocycles. The molecule has 1 heterocycles. The van der Waals surface area contributed by atoms with Crippen LogP contribution in [0, 0.1) is 0 Å². The predicted octanol–water partition coefficient (Wildman–Crippen LogP) is 4.42. The molecule has 0 aliphatic carbocycles. The molecule has 1 fully saturated rings. The molecule has 0 aromatic heterocycles. The Balaban J connectivity index is 2.01. The molecule has 23 heavy (non-hydrogen) atoms. The lowest BCUT2D eigenvalue weighted by Crippen LogP contribution is -2.32. The zero-order valence-electron chi connectivity index (χ0n) is 13.7. The van der Waals surface area contributed by atoms with Gasteiger partial charge in [0.25, 0.3) is 0 Å². The number of aromatic carboxylic acids is 1. The van der Waals surface area contributed by atoms with Crippen LogP contribution >= 0.6 is 0 Å². The summed E-state index contributed by atoms with van der Waals surface area (Å²) in [5, 5.41) is 9.32. The molecule has 0 bridgehead atoms. The molecule has 3 heteroatoms. The summed E-state index contributed by atoms with van der Waals surface area (Å²) in [6.07, 6.45) is 2.42. The van der Waals surface area contributed by atoms with Crippen molar-refractivity contribution in [1.29, 1.82) is 0 Å². The van der Waals surface area contributed by atoms with Crippen LogP contribution in [0.3, 0.4) is 0 Å². The maximum Gasteiger partial charge on any atom is 0.335 e. The van der Waals surface area contributed by atoms with Crippen molar-refractivity contribution in [3.63, 3.8) is 0 Å². The fraction of sp³-hybridized carbons (Fsp3) is 0.350. The number of carboxylic acids is 1. The summed E-state index contributed by atoms with van der Waals surface area (Å²) < 4.78 is 0. The quantitative estimate of drug-likeness (QED) is 0.908. The Morgan fingerprint density at radius 2 is 1.74 bits per heavy atom. The molecule has 2 atom stereocenters. The van der Waals surface area contributed by atoms with Gasteiger partial charge in [-0.25, -0.2) is 4.79 Å². The fourth-order valence-corrected chi connectivity index (χ4v) is 3.51. The Bertz CT molecular complexity index is 686. The third kappa shape index (κ3) is 3.30. The minimum atomic E-state index is -0.867. The van der Waals surface area contributed by atoms with E-state index in [4.69, 9.17) is 0 Å². The van der Waals surface area contributed by atoms with Gasteiger partial charge in [-0.2, -0.15) is 0 Å². The molecule has 3 nitrogen and oxygen atoms in total. The second kappa shape index (κ2) is 6.55. The Kier molecular flexibility index (Phi) is 4.49.